The molecule has 2 fully saturated rings. The Balaban J connectivity index is 0.00000320. The van der Waals surface area contributed by atoms with E-state index in [4.69, 9.17) is 4.74 Å². The molecule has 2 saturated heterocycles. The highest BCUT2D eigenvalue weighted by atomic mass is 35.5. The van der Waals surface area contributed by atoms with Crippen molar-refractivity contribution in [2.75, 3.05) is 39.8 Å². The summed E-state index contributed by atoms with van der Waals surface area (Å²) in [5.74, 6) is 0.00247. The Morgan fingerprint density at radius 1 is 1.23 bits per heavy atom. The number of nitrogens with zero attached hydrogens (tertiary/aromatic N) is 2. The third-order valence-electron chi connectivity index (χ3n) is 6.84. The SMILES string of the molecule is CCCCCC1(N2CCN(CCC3CCNCC3)C2=O)C=CC=CC1C(=O)OC.Cl. The van der Waals surface area contributed by atoms with E-state index in [-0.39, 0.29) is 24.4 Å². The molecule has 2 unspecified atom stereocenters. The van der Waals surface area contributed by atoms with E-state index in [1.165, 1.54) is 20.0 Å². The monoisotopic (exact) mass is 439 g/mol. The third kappa shape index (κ3) is 5.38. The Kier molecular flexibility index (Phi) is 9.69. The van der Waals surface area contributed by atoms with Gasteiger partial charge < -0.3 is 19.9 Å². The Hall–Kier alpha value is -1.53. The largest absolute Gasteiger partial charge is 0.468 e. The Bertz CT molecular complexity index is 633. The molecule has 0 saturated carbocycles. The molecule has 0 aromatic rings. The number of ether oxygens (including phenoxy) is 1. The number of hydrogen-bond donors (Lipinski definition) is 1. The lowest BCUT2D eigenvalue weighted by atomic mass is 9.75. The lowest BCUT2D eigenvalue weighted by Crippen LogP contribution is -2.56. The second-order valence-electron chi connectivity index (χ2n) is 8.60. The summed E-state index contributed by atoms with van der Waals surface area (Å²) in [5, 5.41) is 3.41. The number of rotatable bonds is 9. The summed E-state index contributed by atoms with van der Waals surface area (Å²) in [6.45, 7) is 6.57. The zero-order valence-electron chi connectivity index (χ0n) is 18.5. The molecule has 0 spiro atoms. The number of unbranched alkanes of at least 4 members (excludes halogenated alkanes) is 2. The number of allylic oxidation sites excluding steroid dienone is 2. The van der Waals surface area contributed by atoms with Crippen molar-refractivity contribution in [3.63, 3.8) is 0 Å². The number of amides is 2. The molecule has 0 aromatic carbocycles. The van der Waals surface area contributed by atoms with E-state index < -0.39 is 11.5 Å². The first-order valence-electron chi connectivity index (χ1n) is 11.3. The normalized spacial score (nSPS) is 26.7. The molecule has 7 heteroatoms. The van der Waals surface area contributed by atoms with E-state index in [9.17, 15) is 9.59 Å². The predicted octanol–water partition coefficient (Wildman–Crippen LogP) is 3.77. The minimum Gasteiger partial charge on any atom is -0.468 e. The van der Waals surface area contributed by atoms with Crippen molar-refractivity contribution < 1.29 is 14.3 Å². The lowest BCUT2D eigenvalue weighted by molar-refractivity contribution is -0.147. The molecule has 3 rings (SSSR count). The van der Waals surface area contributed by atoms with Crippen LogP contribution in [-0.4, -0.2) is 67.2 Å². The Labute approximate surface area is 187 Å². The van der Waals surface area contributed by atoms with Gasteiger partial charge in [-0.1, -0.05) is 50.5 Å². The number of carbonyl (C=O) groups is 2. The average molecular weight is 440 g/mol. The second-order valence-corrected chi connectivity index (χ2v) is 8.60. The maximum Gasteiger partial charge on any atom is 0.320 e. The maximum atomic E-state index is 13.4. The molecule has 3 aliphatic rings. The van der Waals surface area contributed by atoms with Gasteiger partial charge in [-0.05, 0) is 44.7 Å². The summed E-state index contributed by atoms with van der Waals surface area (Å²) in [7, 11) is 1.43. The van der Waals surface area contributed by atoms with Crippen LogP contribution in [0.15, 0.2) is 24.3 Å². The number of piperidine rings is 1. The number of carbonyl (C=O) groups excluding carboxylic acids is 2. The zero-order valence-corrected chi connectivity index (χ0v) is 19.3. The van der Waals surface area contributed by atoms with Crippen LogP contribution in [0.2, 0.25) is 0 Å². The van der Waals surface area contributed by atoms with Crippen molar-refractivity contribution in [3.05, 3.63) is 24.3 Å². The average Bonchev–Trinajstić information content (AvgIpc) is 3.13. The van der Waals surface area contributed by atoms with Crippen LogP contribution in [0.3, 0.4) is 0 Å². The number of nitrogens with one attached hydrogen (secondary N) is 1. The van der Waals surface area contributed by atoms with Crippen molar-refractivity contribution in [2.45, 2.75) is 57.4 Å². The van der Waals surface area contributed by atoms with Gasteiger partial charge in [-0.2, -0.15) is 0 Å². The van der Waals surface area contributed by atoms with Crippen molar-refractivity contribution in [3.8, 4) is 0 Å². The van der Waals surface area contributed by atoms with Gasteiger partial charge in [0, 0.05) is 19.6 Å². The van der Waals surface area contributed by atoms with E-state index >= 15 is 0 Å². The summed E-state index contributed by atoms with van der Waals surface area (Å²) in [6.07, 6.45) is 15.3. The molecule has 30 heavy (non-hydrogen) atoms. The molecule has 1 aliphatic carbocycles. The fraction of sp³-hybridized carbons (Fsp3) is 0.739. The summed E-state index contributed by atoms with van der Waals surface area (Å²) in [5.41, 5.74) is -0.613. The summed E-state index contributed by atoms with van der Waals surface area (Å²) < 4.78 is 5.12. The molecule has 0 aromatic heterocycles. The molecule has 1 N–H and O–H groups in total. The molecule has 170 valence electrons. The van der Waals surface area contributed by atoms with E-state index in [0.717, 1.165) is 58.3 Å². The van der Waals surface area contributed by atoms with Gasteiger partial charge in [0.15, 0.2) is 0 Å². The maximum absolute atomic E-state index is 13.4. The number of methoxy groups -OCH3 is 1. The summed E-state index contributed by atoms with van der Waals surface area (Å²) >= 11 is 0. The van der Waals surface area contributed by atoms with Gasteiger partial charge in [-0.15, -0.1) is 12.4 Å². The van der Waals surface area contributed by atoms with Crippen LogP contribution in [-0.2, 0) is 9.53 Å². The second kappa shape index (κ2) is 11.8. The van der Waals surface area contributed by atoms with Crippen LogP contribution in [0.1, 0.15) is 51.9 Å². The molecule has 6 nitrogen and oxygen atoms in total. The number of esters is 1. The van der Waals surface area contributed by atoms with E-state index in [0.29, 0.717) is 12.5 Å². The lowest BCUT2D eigenvalue weighted by Gasteiger charge is -2.44. The topological polar surface area (TPSA) is 61.9 Å². The minimum atomic E-state index is -0.613. The number of urea groups is 1. The van der Waals surface area contributed by atoms with Crippen molar-refractivity contribution >= 4 is 24.4 Å². The fourth-order valence-electron chi connectivity index (χ4n) is 5.05. The molecular formula is C23H38ClN3O3. The molecule has 2 amide bonds. The third-order valence-corrected chi connectivity index (χ3v) is 6.84. The van der Waals surface area contributed by atoms with E-state index in [1.54, 1.807) is 0 Å². The van der Waals surface area contributed by atoms with E-state index in [1.807, 2.05) is 28.0 Å². The highest BCUT2D eigenvalue weighted by molar-refractivity contribution is 5.85. The summed E-state index contributed by atoms with van der Waals surface area (Å²) in [6, 6.07) is 0.0734. The highest BCUT2D eigenvalue weighted by Gasteiger charge is 2.50. The molecule has 2 heterocycles. The minimum absolute atomic E-state index is 0. The van der Waals surface area contributed by atoms with Crippen LogP contribution < -0.4 is 5.32 Å². The first-order chi connectivity index (χ1) is 14.1. The molecule has 0 radical (unpaired) electrons. The van der Waals surface area contributed by atoms with Gasteiger partial charge in [0.25, 0.3) is 0 Å². The molecule has 2 atom stereocenters. The molecule has 2 aliphatic heterocycles. The number of hydrogen-bond acceptors (Lipinski definition) is 4. The van der Waals surface area contributed by atoms with Gasteiger partial charge in [0.2, 0.25) is 0 Å². The first kappa shape index (κ1) is 24.7. The quantitative estimate of drug-likeness (QED) is 0.438. The highest BCUT2D eigenvalue weighted by Crippen LogP contribution is 2.39. The van der Waals surface area contributed by atoms with Crippen LogP contribution >= 0.6 is 12.4 Å². The van der Waals surface area contributed by atoms with Crippen LogP contribution in [0.5, 0.6) is 0 Å². The van der Waals surface area contributed by atoms with Crippen molar-refractivity contribution in [1.29, 1.82) is 0 Å². The first-order valence-corrected chi connectivity index (χ1v) is 11.3. The predicted molar refractivity (Wildman–Crippen MR) is 122 cm³/mol. The molecular weight excluding hydrogens is 402 g/mol. The van der Waals surface area contributed by atoms with Crippen LogP contribution in [0, 0.1) is 11.8 Å². The summed E-state index contributed by atoms with van der Waals surface area (Å²) in [4.78, 5) is 30.0. The fourth-order valence-corrected chi connectivity index (χ4v) is 5.05. The Morgan fingerprint density at radius 2 is 2.00 bits per heavy atom. The molecule has 0 bridgehead atoms. The zero-order chi connectivity index (χ0) is 20.7. The van der Waals surface area contributed by atoms with Crippen LogP contribution in [0.4, 0.5) is 4.79 Å². The van der Waals surface area contributed by atoms with Gasteiger partial charge in [0.05, 0.1) is 12.6 Å². The number of halogens is 1. The van der Waals surface area contributed by atoms with Gasteiger partial charge >= 0.3 is 12.0 Å². The van der Waals surface area contributed by atoms with Gasteiger partial charge in [-0.25, -0.2) is 4.79 Å². The van der Waals surface area contributed by atoms with Gasteiger partial charge in [-0.3, -0.25) is 4.79 Å². The van der Waals surface area contributed by atoms with Gasteiger partial charge in [0.1, 0.15) is 5.92 Å². The van der Waals surface area contributed by atoms with Crippen LogP contribution in [0.25, 0.3) is 0 Å². The standard InChI is InChI=1S/C23H37N3O3.ClH/c1-3-4-6-12-23(13-7-5-8-20(23)21(27)29-2)26-18-17-25(22(26)28)16-11-19-9-14-24-15-10-19;/h5,7-8,13,19-20,24H,3-4,6,9-12,14-18H2,1-2H3;1H. The Morgan fingerprint density at radius 3 is 2.70 bits per heavy atom. The smallest absolute Gasteiger partial charge is 0.320 e. The van der Waals surface area contributed by atoms with Crippen molar-refractivity contribution in [2.24, 2.45) is 11.8 Å². The van der Waals surface area contributed by atoms with E-state index in [2.05, 4.69) is 18.3 Å². The van der Waals surface area contributed by atoms with Crippen molar-refractivity contribution in [1.82, 2.24) is 15.1 Å².